The Hall–Kier alpha value is -2.89. The molecular weight excluding hydrogens is 328 g/mol. The lowest BCUT2D eigenvalue weighted by Crippen LogP contribution is -2.31. The number of aromatic nitrogens is 3. The van der Waals surface area contributed by atoms with E-state index in [0.29, 0.717) is 24.5 Å². The molecule has 0 atom stereocenters. The smallest absolute Gasteiger partial charge is 0.274 e. The van der Waals surface area contributed by atoms with Crippen molar-refractivity contribution in [3.05, 3.63) is 53.9 Å². The second-order valence-corrected chi connectivity index (χ2v) is 7.29. The predicted octanol–water partition coefficient (Wildman–Crippen LogP) is 3.41. The highest BCUT2D eigenvalue weighted by Gasteiger charge is 2.20. The molecule has 0 radical (unpaired) electrons. The quantitative estimate of drug-likeness (QED) is 0.764. The Morgan fingerprint density at radius 2 is 1.96 bits per heavy atom. The lowest BCUT2D eigenvalue weighted by molar-refractivity contribution is 0.0769. The Kier molecular flexibility index (Phi) is 4.93. The number of nitrogens with zero attached hydrogens (tertiary/aromatic N) is 3. The van der Waals surface area contributed by atoms with Gasteiger partial charge in [-0.1, -0.05) is 39.0 Å². The molecule has 2 aromatic heterocycles. The zero-order valence-corrected chi connectivity index (χ0v) is 15.6. The molecule has 0 aliphatic rings. The third kappa shape index (κ3) is 3.69. The molecule has 0 aliphatic carbocycles. The first-order valence-electron chi connectivity index (χ1n) is 8.65. The molecule has 0 saturated heterocycles. The third-order valence-electron chi connectivity index (χ3n) is 4.27. The first-order chi connectivity index (χ1) is 12.4. The van der Waals surface area contributed by atoms with Gasteiger partial charge in [-0.25, -0.2) is 4.98 Å². The van der Waals surface area contributed by atoms with Gasteiger partial charge in [0, 0.05) is 13.2 Å². The van der Waals surface area contributed by atoms with Crippen molar-refractivity contribution in [3.63, 3.8) is 0 Å². The molecule has 1 aromatic carbocycles. The Bertz CT molecular complexity index is 911. The number of benzene rings is 1. The molecule has 0 bridgehead atoms. The highest BCUT2D eigenvalue weighted by molar-refractivity contribution is 6.03. The standard InChI is InChI=1S/C20H24N4O2/c1-20(2,3)15-9-5-6-10-16(15)26-13-12-24(4)19(25)17-14-8-7-11-21-18(14)23-22-17/h5-11H,12-13H2,1-4H3,(H,21,22,23). The topological polar surface area (TPSA) is 71.1 Å². The summed E-state index contributed by atoms with van der Waals surface area (Å²) in [6.07, 6.45) is 1.67. The first kappa shape index (κ1) is 17.9. The van der Waals surface area contributed by atoms with Gasteiger partial charge in [-0.2, -0.15) is 5.10 Å². The molecule has 1 N–H and O–H groups in total. The van der Waals surface area contributed by atoms with Crippen LogP contribution < -0.4 is 4.74 Å². The molecule has 0 fully saturated rings. The van der Waals surface area contributed by atoms with Crippen molar-refractivity contribution in [2.45, 2.75) is 26.2 Å². The minimum Gasteiger partial charge on any atom is -0.491 e. The van der Waals surface area contributed by atoms with Crippen molar-refractivity contribution in [1.82, 2.24) is 20.1 Å². The minimum atomic E-state index is -0.156. The van der Waals surface area contributed by atoms with Crippen LogP contribution in [0.1, 0.15) is 36.8 Å². The van der Waals surface area contributed by atoms with Crippen LogP contribution in [0.3, 0.4) is 0 Å². The average Bonchev–Trinajstić information content (AvgIpc) is 3.04. The van der Waals surface area contributed by atoms with Crippen LogP contribution >= 0.6 is 0 Å². The van der Waals surface area contributed by atoms with Crippen molar-refractivity contribution >= 4 is 16.9 Å². The molecule has 6 heteroatoms. The van der Waals surface area contributed by atoms with Crippen molar-refractivity contribution in [2.24, 2.45) is 0 Å². The lowest BCUT2D eigenvalue weighted by Gasteiger charge is -2.23. The van der Waals surface area contributed by atoms with Crippen LogP contribution in [0.5, 0.6) is 5.75 Å². The van der Waals surface area contributed by atoms with Crippen molar-refractivity contribution < 1.29 is 9.53 Å². The molecule has 1 amide bonds. The van der Waals surface area contributed by atoms with Gasteiger partial charge in [0.1, 0.15) is 12.4 Å². The maximum absolute atomic E-state index is 12.6. The summed E-state index contributed by atoms with van der Waals surface area (Å²) in [6.45, 7) is 7.34. The van der Waals surface area contributed by atoms with Gasteiger partial charge in [0.25, 0.3) is 5.91 Å². The number of H-pyrrole nitrogens is 1. The highest BCUT2D eigenvalue weighted by atomic mass is 16.5. The van der Waals surface area contributed by atoms with Gasteiger partial charge in [0.05, 0.1) is 11.9 Å². The maximum Gasteiger partial charge on any atom is 0.274 e. The van der Waals surface area contributed by atoms with Gasteiger partial charge >= 0.3 is 0 Å². The highest BCUT2D eigenvalue weighted by Crippen LogP contribution is 2.30. The Balaban J connectivity index is 1.65. The van der Waals surface area contributed by atoms with E-state index < -0.39 is 0 Å². The number of aromatic amines is 1. The van der Waals surface area contributed by atoms with Crippen LogP contribution in [-0.2, 0) is 5.41 Å². The maximum atomic E-state index is 12.6. The normalized spacial score (nSPS) is 11.5. The molecule has 3 rings (SSSR count). The molecular formula is C20H24N4O2. The van der Waals surface area contributed by atoms with Gasteiger partial charge in [-0.15, -0.1) is 0 Å². The number of rotatable bonds is 5. The minimum absolute atomic E-state index is 0.000721. The summed E-state index contributed by atoms with van der Waals surface area (Å²) in [6, 6.07) is 11.6. The number of nitrogens with one attached hydrogen (secondary N) is 1. The largest absolute Gasteiger partial charge is 0.491 e. The average molecular weight is 352 g/mol. The number of ether oxygens (including phenoxy) is 1. The van der Waals surface area contributed by atoms with E-state index in [9.17, 15) is 4.79 Å². The Morgan fingerprint density at radius 3 is 2.73 bits per heavy atom. The van der Waals surface area contributed by atoms with Crippen LogP contribution in [0.25, 0.3) is 11.0 Å². The van der Waals surface area contributed by atoms with Gasteiger partial charge in [0.2, 0.25) is 0 Å². The van der Waals surface area contributed by atoms with Crippen molar-refractivity contribution in [3.8, 4) is 5.75 Å². The first-order valence-corrected chi connectivity index (χ1v) is 8.65. The van der Waals surface area contributed by atoms with Crippen LogP contribution in [0.15, 0.2) is 42.6 Å². The van der Waals surface area contributed by atoms with E-state index in [1.807, 2.05) is 24.3 Å². The number of fused-ring (bicyclic) bond motifs is 1. The molecule has 0 saturated carbocycles. The van der Waals surface area contributed by atoms with Gasteiger partial charge < -0.3 is 9.64 Å². The number of pyridine rings is 1. The monoisotopic (exact) mass is 352 g/mol. The molecule has 0 unspecified atom stereocenters. The molecule has 0 spiro atoms. The molecule has 2 heterocycles. The number of carbonyl (C=O) groups excluding carboxylic acids is 1. The fraction of sp³-hybridized carbons (Fsp3) is 0.350. The van der Waals surface area contributed by atoms with Crippen molar-refractivity contribution in [1.29, 1.82) is 0 Å². The fourth-order valence-electron chi connectivity index (χ4n) is 2.80. The van der Waals surface area contributed by atoms with E-state index in [2.05, 4.69) is 42.0 Å². The summed E-state index contributed by atoms with van der Waals surface area (Å²) >= 11 is 0. The summed E-state index contributed by atoms with van der Waals surface area (Å²) in [5, 5.41) is 7.62. The van der Waals surface area contributed by atoms with Crippen molar-refractivity contribution in [2.75, 3.05) is 20.2 Å². The van der Waals surface area contributed by atoms with E-state index in [4.69, 9.17) is 4.74 Å². The number of para-hydroxylation sites is 1. The number of carbonyl (C=O) groups is 1. The van der Waals surface area contributed by atoms with E-state index >= 15 is 0 Å². The second kappa shape index (κ2) is 7.15. The van der Waals surface area contributed by atoms with E-state index in [1.54, 1.807) is 24.2 Å². The number of hydrogen-bond acceptors (Lipinski definition) is 4. The molecule has 0 aliphatic heterocycles. The van der Waals surface area contributed by atoms with Crippen LogP contribution in [0, 0.1) is 0 Å². The van der Waals surface area contributed by atoms with E-state index in [0.717, 1.165) is 16.7 Å². The molecule has 3 aromatic rings. The van der Waals surface area contributed by atoms with Crippen LogP contribution in [0.2, 0.25) is 0 Å². The SMILES string of the molecule is CN(CCOc1ccccc1C(C)(C)C)C(=O)c1n[nH]c2ncccc12. The number of amides is 1. The Labute approximate surface area is 153 Å². The van der Waals surface area contributed by atoms with Gasteiger partial charge in [0.15, 0.2) is 11.3 Å². The summed E-state index contributed by atoms with van der Waals surface area (Å²) in [5.41, 5.74) is 2.14. The zero-order chi connectivity index (χ0) is 18.7. The number of likely N-dealkylation sites (N-methyl/N-ethyl adjacent to an activating group) is 1. The zero-order valence-electron chi connectivity index (χ0n) is 15.6. The van der Waals surface area contributed by atoms with Crippen LogP contribution in [-0.4, -0.2) is 46.2 Å². The molecule has 26 heavy (non-hydrogen) atoms. The molecule has 6 nitrogen and oxygen atoms in total. The third-order valence-corrected chi connectivity index (χ3v) is 4.27. The summed E-state index contributed by atoms with van der Waals surface area (Å²) < 4.78 is 5.95. The molecule has 136 valence electrons. The fourth-order valence-corrected chi connectivity index (χ4v) is 2.80. The summed E-state index contributed by atoms with van der Waals surface area (Å²) in [5.74, 6) is 0.701. The Morgan fingerprint density at radius 1 is 1.19 bits per heavy atom. The van der Waals surface area contributed by atoms with E-state index in [1.165, 1.54) is 0 Å². The lowest BCUT2D eigenvalue weighted by atomic mass is 9.86. The summed E-state index contributed by atoms with van der Waals surface area (Å²) in [7, 11) is 1.75. The van der Waals surface area contributed by atoms with Crippen LogP contribution in [0.4, 0.5) is 0 Å². The van der Waals surface area contributed by atoms with Gasteiger partial charge in [-0.05, 0) is 29.2 Å². The van der Waals surface area contributed by atoms with E-state index in [-0.39, 0.29) is 11.3 Å². The second-order valence-electron chi connectivity index (χ2n) is 7.29. The predicted molar refractivity (Wildman–Crippen MR) is 101 cm³/mol. The van der Waals surface area contributed by atoms with Gasteiger partial charge in [-0.3, -0.25) is 9.89 Å². The summed E-state index contributed by atoms with van der Waals surface area (Å²) in [4.78, 5) is 18.4. The number of hydrogen-bond donors (Lipinski definition) is 1.